The highest BCUT2D eigenvalue weighted by molar-refractivity contribution is 7.17. The molecule has 136 valence electrons. The number of rotatable bonds is 6. The predicted octanol–water partition coefficient (Wildman–Crippen LogP) is 2.94. The molecule has 7 heteroatoms. The number of ether oxygens (including phenoxy) is 2. The maximum Gasteiger partial charge on any atom is 0.341 e. The molecule has 0 unspecified atom stereocenters. The van der Waals surface area contributed by atoms with Crippen molar-refractivity contribution in [2.75, 3.05) is 18.5 Å². The van der Waals surface area contributed by atoms with E-state index in [1.165, 1.54) is 11.3 Å². The van der Waals surface area contributed by atoms with Crippen molar-refractivity contribution in [2.24, 2.45) is 11.8 Å². The highest BCUT2D eigenvalue weighted by atomic mass is 32.1. The molecule has 1 fully saturated rings. The maximum atomic E-state index is 12.4. The first-order valence-electron chi connectivity index (χ1n) is 8.77. The molecule has 0 bridgehead atoms. The van der Waals surface area contributed by atoms with Gasteiger partial charge in [-0.1, -0.05) is 6.92 Å². The predicted molar refractivity (Wildman–Crippen MR) is 93.8 cm³/mol. The highest BCUT2D eigenvalue weighted by Gasteiger charge is 2.32. The zero-order chi connectivity index (χ0) is 18.0. The van der Waals surface area contributed by atoms with Crippen LogP contribution in [0.4, 0.5) is 5.00 Å². The van der Waals surface area contributed by atoms with Crippen LogP contribution >= 0.6 is 11.3 Å². The van der Waals surface area contributed by atoms with E-state index in [1.54, 1.807) is 6.92 Å². The number of hydrogen-bond acceptors (Lipinski definition) is 6. The van der Waals surface area contributed by atoms with E-state index < -0.39 is 11.9 Å². The second-order valence-corrected chi connectivity index (χ2v) is 7.81. The first kappa shape index (κ1) is 17.9. The number of thiophene rings is 1. The Bertz CT molecular complexity index is 692. The first-order chi connectivity index (χ1) is 12.0. The summed E-state index contributed by atoms with van der Waals surface area (Å²) in [7, 11) is 0. The Morgan fingerprint density at radius 2 is 1.96 bits per heavy atom. The Kier molecular flexibility index (Phi) is 5.42. The lowest BCUT2D eigenvalue weighted by atomic mass is 9.88. The molecule has 1 heterocycles. The SMILES string of the molecule is CCOC(=O)c1c(NC(=O)COC(=O)C2CC2)sc2c1CC[C@H](C)C2. The summed E-state index contributed by atoms with van der Waals surface area (Å²) in [4.78, 5) is 37.2. The zero-order valence-electron chi connectivity index (χ0n) is 14.6. The van der Waals surface area contributed by atoms with Crippen molar-refractivity contribution in [1.82, 2.24) is 0 Å². The van der Waals surface area contributed by atoms with E-state index in [4.69, 9.17) is 9.47 Å². The van der Waals surface area contributed by atoms with Gasteiger partial charge in [0.25, 0.3) is 5.91 Å². The fourth-order valence-electron chi connectivity index (χ4n) is 2.99. The van der Waals surface area contributed by atoms with Crippen LogP contribution in [0, 0.1) is 11.8 Å². The molecular formula is C18H23NO5S. The number of hydrogen-bond donors (Lipinski definition) is 1. The summed E-state index contributed by atoms with van der Waals surface area (Å²) in [5, 5.41) is 3.24. The zero-order valence-corrected chi connectivity index (χ0v) is 15.4. The van der Waals surface area contributed by atoms with Crippen LogP contribution in [0.2, 0.25) is 0 Å². The van der Waals surface area contributed by atoms with E-state index in [-0.39, 0.29) is 25.1 Å². The normalized spacial score (nSPS) is 19.0. The van der Waals surface area contributed by atoms with Gasteiger partial charge in [0.15, 0.2) is 6.61 Å². The van der Waals surface area contributed by atoms with Crippen LogP contribution < -0.4 is 5.32 Å². The minimum atomic E-state index is -0.425. The van der Waals surface area contributed by atoms with Gasteiger partial charge in [-0.25, -0.2) is 4.79 Å². The fourth-order valence-corrected chi connectivity index (χ4v) is 4.41. The van der Waals surface area contributed by atoms with Crippen LogP contribution in [-0.2, 0) is 31.9 Å². The summed E-state index contributed by atoms with van der Waals surface area (Å²) in [6.45, 7) is 3.90. The molecule has 1 atom stereocenters. The van der Waals surface area contributed by atoms with Crippen molar-refractivity contribution in [3.8, 4) is 0 Å². The molecule has 0 saturated heterocycles. The lowest BCUT2D eigenvalue weighted by Crippen LogP contribution is -2.22. The molecule has 6 nitrogen and oxygen atoms in total. The summed E-state index contributed by atoms with van der Waals surface area (Å²) in [5.41, 5.74) is 1.46. The summed E-state index contributed by atoms with van der Waals surface area (Å²) in [6, 6.07) is 0. The number of nitrogens with one attached hydrogen (secondary N) is 1. The largest absolute Gasteiger partial charge is 0.462 e. The Morgan fingerprint density at radius 1 is 1.20 bits per heavy atom. The third-order valence-corrected chi connectivity index (χ3v) is 5.67. The topological polar surface area (TPSA) is 81.7 Å². The average molecular weight is 365 g/mol. The quantitative estimate of drug-likeness (QED) is 0.784. The molecule has 0 aromatic carbocycles. The van der Waals surface area contributed by atoms with Gasteiger partial charge >= 0.3 is 11.9 Å². The van der Waals surface area contributed by atoms with Crippen LogP contribution in [0.25, 0.3) is 0 Å². The molecule has 0 spiro atoms. The van der Waals surface area contributed by atoms with Crippen LogP contribution in [0.3, 0.4) is 0 Å². The molecule has 1 saturated carbocycles. The van der Waals surface area contributed by atoms with Crippen LogP contribution in [0.15, 0.2) is 0 Å². The second kappa shape index (κ2) is 7.56. The van der Waals surface area contributed by atoms with Gasteiger partial charge in [-0.05, 0) is 50.5 Å². The molecule has 3 rings (SSSR count). The molecule has 2 aliphatic carbocycles. The minimum Gasteiger partial charge on any atom is -0.462 e. The molecule has 1 aromatic rings. The van der Waals surface area contributed by atoms with Gasteiger partial charge in [0.05, 0.1) is 18.1 Å². The number of anilines is 1. The Balaban J connectivity index is 1.73. The molecule has 25 heavy (non-hydrogen) atoms. The van der Waals surface area contributed by atoms with Crippen LogP contribution in [0.5, 0.6) is 0 Å². The van der Waals surface area contributed by atoms with Gasteiger partial charge in [-0.3, -0.25) is 9.59 Å². The second-order valence-electron chi connectivity index (χ2n) is 6.71. The summed E-state index contributed by atoms with van der Waals surface area (Å²) in [5.74, 6) is -0.631. The van der Waals surface area contributed by atoms with Crippen LogP contribution in [0.1, 0.15) is 53.9 Å². The Hall–Kier alpha value is -1.89. The maximum absolute atomic E-state index is 12.4. The summed E-state index contributed by atoms with van der Waals surface area (Å²) in [6.07, 6.45) is 4.40. The van der Waals surface area contributed by atoms with Gasteiger partial charge < -0.3 is 14.8 Å². The molecule has 0 aliphatic heterocycles. The monoisotopic (exact) mass is 365 g/mol. The lowest BCUT2D eigenvalue weighted by molar-refractivity contribution is -0.148. The molecule has 2 aliphatic rings. The van der Waals surface area contributed by atoms with Crippen molar-refractivity contribution in [3.05, 3.63) is 16.0 Å². The van der Waals surface area contributed by atoms with E-state index in [9.17, 15) is 14.4 Å². The summed E-state index contributed by atoms with van der Waals surface area (Å²) < 4.78 is 10.2. The standard InChI is InChI=1S/C18H23NO5S/c1-3-23-18(22)15-12-7-4-10(2)8-13(12)25-16(15)19-14(20)9-24-17(21)11-5-6-11/h10-11H,3-9H2,1-2H3,(H,19,20)/t10-/m0/s1. The van der Waals surface area contributed by atoms with Gasteiger partial charge in [0.1, 0.15) is 5.00 Å². The number of esters is 2. The lowest BCUT2D eigenvalue weighted by Gasteiger charge is -2.18. The fraction of sp³-hybridized carbons (Fsp3) is 0.611. The van der Waals surface area contributed by atoms with E-state index in [0.29, 0.717) is 16.5 Å². The Labute approximate surface area is 150 Å². The number of carbonyl (C=O) groups is 3. The average Bonchev–Trinajstić information content (AvgIpc) is 3.35. The van der Waals surface area contributed by atoms with E-state index in [2.05, 4.69) is 12.2 Å². The van der Waals surface area contributed by atoms with Gasteiger partial charge in [0.2, 0.25) is 0 Å². The molecule has 1 N–H and O–H groups in total. The van der Waals surface area contributed by atoms with Crippen molar-refractivity contribution in [2.45, 2.75) is 46.0 Å². The number of carbonyl (C=O) groups excluding carboxylic acids is 3. The third kappa shape index (κ3) is 4.21. The first-order valence-corrected chi connectivity index (χ1v) is 9.59. The van der Waals surface area contributed by atoms with Crippen molar-refractivity contribution in [3.63, 3.8) is 0 Å². The van der Waals surface area contributed by atoms with Crippen LogP contribution in [-0.4, -0.2) is 31.1 Å². The van der Waals surface area contributed by atoms with E-state index >= 15 is 0 Å². The van der Waals surface area contributed by atoms with Crippen molar-refractivity contribution >= 4 is 34.2 Å². The smallest absolute Gasteiger partial charge is 0.341 e. The van der Waals surface area contributed by atoms with Crippen molar-refractivity contribution in [1.29, 1.82) is 0 Å². The highest BCUT2D eigenvalue weighted by Crippen LogP contribution is 2.40. The molecule has 1 aromatic heterocycles. The summed E-state index contributed by atoms with van der Waals surface area (Å²) >= 11 is 1.43. The number of fused-ring (bicyclic) bond motifs is 1. The number of amides is 1. The van der Waals surface area contributed by atoms with E-state index in [1.807, 2.05) is 0 Å². The van der Waals surface area contributed by atoms with Crippen molar-refractivity contribution < 1.29 is 23.9 Å². The Morgan fingerprint density at radius 3 is 2.64 bits per heavy atom. The minimum absolute atomic E-state index is 0.0431. The van der Waals surface area contributed by atoms with Gasteiger partial charge in [-0.15, -0.1) is 11.3 Å². The third-order valence-electron chi connectivity index (χ3n) is 4.50. The molecular weight excluding hydrogens is 342 g/mol. The van der Waals surface area contributed by atoms with E-state index in [0.717, 1.165) is 42.5 Å². The van der Waals surface area contributed by atoms with Gasteiger partial charge in [-0.2, -0.15) is 0 Å². The van der Waals surface area contributed by atoms with Gasteiger partial charge in [0, 0.05) is 4.88 Å². The molecule has 0 radical (unpaired) electrons. The molecule has 1 amide bonds.